The van der Waals surface area contributed by atoms with Gasteiger partial charge in [-0.3, -0.25) is 28.9 Å². The molecule has 4 aliphatic carbocycles. The second-order valence-corrected chi connectivity index (χ2v) is 16.2. The van der Waals surface area contributed by atoms with Crippen LogP contribution < -0.4 is 0 Å². The molecule has 0 spiro atoms. The van der Waals surface area contributed by atoms with E-state index in [9.17, 15) is 29.7 Å². The SMILES string of the molecule is [C-]#[N+]c1cc2c(cc1[N+]#[C-])C(=O)C(=CC1=Cc3cc4sc5cc6c(cc5c4cc3C1(C)C)C(C)(C)C(C=C1C(=O)c3cc(C#N)c(C#N)cc3C1=O)=C6)C2=O. The summed E-state index contributed by atoms with van der Waals surface area (Å²) in [5.41, 5.74) is 5.37. The molecule has 0 N–H and O–H groups in total. The fraction of sp³-hybridized carbons (Fsp3) is 0.130. The van der Waals surface area contributed by atoms with Crippen molar-refractivity contribution in [1.29, 1.82) is 10.5 Å². The maximum Gasteiger partial charge on any atom is 0.197 e. The first-order valence-corrected chi connectivity index (χ1v) is 18.1. The van der Waals surface area contributed by atoms with E-state index in [2.05, 4.69) is 61.7 Å². The first kappa shape index (κ1) is 33.5. The molecule has 0 unspecified atom stereocenters. The third-order valence-corrected chi connectivity index (χ3v) is 12.7. The number of carbonyl (C=O) groups is 4. The number of hydrogen-bond acceptors (Lipinski definition) is 7. The van der Waals surface area contributed by atoms with E-state index in [4.69, 9.17) is 13.1 Å². The summed E-state index contributed by atoms with van der Waals surface area (Å²) in [4.78, 5) is 60.6. The van der Waals surface area contributed by atoms with Gasteiger partial charge in [-0.25, -0.2) is 0 Å². The van der Waals surface area contributed by atoms with Gasteiger partial charge in [0.1, 0.15) is 12.1 Å². The Bertz CT molecular complexity index is 2830. The zero-order valence-electron chi connectivity index (χ0n) is 29.8. The summed E-state index contributed by atoms with van der Waals surface area (Å²) in [6, 6.07) is 17.9. The van der Waals surface area contributed by atoms with Crippen molar-refractivity contribution in [2.24, 2.45) is 0 Å². The standard InChI is InChI=1S/C46H24N4O4S/c1-45(2)25(13-33-41(51)29-9-23(19-47)24(20-48)10-30(29)42(33)52)7-21-11-39-27(15-35(21)45)28-16-36-22(12-40(28)55-39)8-26(46(36,3)4)14-34-43(53)31-17-37(49-5)38(50-6)18-32(31)44(34)54/h7-18H,1-4H3. The second kappa shape index (κ2) is 11.1. The average molecular weight is 729 g/mol. The highest BCUT2D eigenvalue weighted by Crippen LogP contribution is 2.50. The summed E-state index contributed by atoms with van der Waals surface area (Å²) in [5, 5.41) is 21.1. The van der Waals surface area contributed by atoms with Crippen molar-refractivity contribution in [2.45, 2.75) is 38.5 Å². The van der Waals surface area contributed by atoms with Crippen molar-refractivity contribution in [2.75, 3.05) is 0 Å². The normalized spacial score (nSPS) is 16.9. The maximum absolute atomic E-state index is 13.5. The van der Waals surface area contributed by atoms with E-state index >= 15 is 0 Å². The van der Waals surface area contributed by atoms with Crippen LogP contribution >= 0.6 is 11.3 Å². The molecule has 1 heterocycles. The van der Waals surface area contributed by atoms with Gasteiger partial charge in [0, 0.05) is 53.3 Å². The predicted molar refractivity (Wildman–Crippen MR) is 210 cm³/mol. The lowest BCUT2D eigenvalue weighted by Crippen LogP contribution is -2.17. The lowest BCUT2D eigenvalue weighted by atomic mass is 9.79. The van der Waals surface area contributed by atoms with Gasteiger partial charge < -0.3 is 0 Å². The Morgan fingerprint density at radius 3 is 1.29 bits per heavy atom. The first-order valence-electron chi connectivity index (χ1n) is 17.2. The number of fused-ring (bicyclic) bond motifs is 7. The Hall–Kier alpha value is -7.30. The third kappa shape index (κ3) is 4.46. The van der Waals surface area contributed by atoms with Crippen molar-refractivity contribution in [3.63, 3.8) is 0 Å². The van der Waals surface area contributed by atoms with Gasteiger partial charge in [-0.05, 0) is 82.0 Å². The largest absolute Gasteiger partial charge is 0.288 e. The van der Waals surface area contributed by atoms with Gasteiger partial charge in [-0.1, -0.05) is 52.0 Å². The highest BCUT2D eigenvalue weighted by atomic mass is 32.1. The number of Topliss-reactive ketones (excluding diaryl/α,β-unsaturated/α-hetero) is 4. The van der Waals surface area contributed by atoms with E-state index in [1.165, 1.54) is 24.3 Å². The van der Waals surface area contributed by atoms with E-state index in [1.807, 2.05) is 24.3 Å². The van der Waals surface area contributed by atoms with Gasteiger partial charge >= 0.3 is 0 Å². The third-order valence-electron chi connectivity index (χ3n) is 11.5. The zero-order chi connectivity index (χ0) is 38.9. The van der Waals surface area contributed by atoms with Gasteiger partial charge in [0.2, 0.25) is 0 Å². The van der Waals surface area contributed by atoms with Crippen molar-refractivity contribution < 1.29 is 19.2 Å². The Kier molecular flexibility index (Phi) is 6.77. The summed E-state index contributed by atoms with van der Waals surface area (Å²) in [5.74, 6) is -1.83. The summed E-state index contributed by atoms with van der Waals surface area (Å²) in [7, 11) is 0. The minimum atomic E-state index is -0.560. The van der Waals surface area contributed by atoms with Crippen molar-refractivity contribution in [3.8, 4) is 12.1 Å². The van der Waals surface area contributed by atoms with Crippen LogP contribution in [-0.2, 0) is 10.8 Å². The fourth-order valence-corrected chi connectivity index (χ4v) is 9.49. The number of nitriles is 2. The number of benzene rings is 4. The van der Waals surface area contributed by atoms with E-state index < -0.39 is 34.0 Å². The minimum Gasteiger partial charge on any atom is -0.288 e. The van der Waals surface area contributed by atoms with E-state index in [0.29, 0.717) is 0 Å². The van der Waals surface area contributed by atoms with E-state index in [-0.39, 0.29) is 55.9 Å². The van der Waals surface area contributed by atoms with E-state index in [0.717, 1.165) is 53.6 Å². The molecule has 1 aromatic heterocycles. The molecule has 0 bridgehead atoms. The molecular weight excluding hydrogens is 705 g/mol. The average Bonchev–Trinajstić information content (AvgIpc) is 3.86. The lowest BCUT2D eigenvalue weighted by molar-refractivity contribution is 0.0973. The lowest BCUT2D eigenvalue weighted by Gasteiger charge is -2.24. The molecule has 0 fully saturated rings. The number of carbonyl (C=O) groups excluding carboxylic acids is 4. The molecule has 0 saturated carbocycles. The molecule has 9 rings (SSSR count). The van der Waals surface area contributed by atoms with Crippen LogP contribution in [0.2, 0.25) is 0 Å². The molecule has 0 saturated heterocycles. The van der Waals surface area contributed by atoms with Gasteiger partial charge in [0.15, 0.2) is 34.5 Å². The molecule has 5 aromatic rings. The van der Waals surface area contributed by atoms with Crippen LogP contribution in [0.1, 0.15) is 103 Å². The Morgan fingerprint density at radius 1 is 0.582 bits per heavy atom. The Morgan fingerprint density at radius 2 is 0.945 bits per heavy atom. The summed E-state index contributed by atoms with van der Waals surface area (Å²) >= 11 is 1.65. The van der Waals surface area contributed by atoms with Crippen LogP contribution in [0.25, 0.3) is 42.0 Å². The van der Waals surface area contributed by atoms with Crippen LogP contribution in [0, 0.1) is 35.8 Å². The molecular formula is C46H24N4O4S. The van der Waals surface area contributed by atoms with Gasteiger partial charge in [-0.15, -0.1) is 11.3 Å². The predicted octanol–water partition coefficient (Wildman–Crippen LogP) is 10.3. The quantitative estimate of drug-likeness (QED) is 0.101. The highest BCUT2D eigenvalue weighted by molar-refractivity contribution is 7.25. The van der Waals surface area contributed by atoms with Gasteiger partial charge in [0.05, 0.1) is 35.4 Å². The van der Waals surface area contributed by atoms with Crippen molar-refractivity contribution in [1.82, 2.24) is 0 Å². The summed E-state index contributed by atoms with van der Waals surface area (Å²) < 4.78 is 2.16. The van der Waals surface area contributed by atoms with Crippen LogP contribution in [-0.4, -0.2) is 23.1 Å². The maximum atomic E-state index is 13.5. The smallest absolute Gasteiger partial charge is 0.197 e. The van der Waals surface area contributed by atoms with Gasteiger partial charge in [-0.2, -0.15) is 10.5 Å². The number of nitrogens with zero attached hydrogens (tertiary/aromatic N) is 4. The number of thiophene rings is 1. The minimum absolute atomic E-state index is 0.00978. The number of ketones is 4. The molecule has 0 atom stereocenters. The number of hydrogen-bond donors (Lipinski definition) is 0. The molecule has 8 nitrogen and oxygen atoms in total. The van der Waals surface area contributed by atoms with Crippen LogP contribution in [0.3, 0.4) is 0 Å². The van der Waals surface area contributed by atoms with Gasteiger partial charge in [0.25, 0.3) is 0 Å². The van der Waals surface area contributed by atoms with Crippen LogP contribution in [0.5, 0.6) is 0 Å². The number of allylic oxidation sites excluding steroid dienone is 6. The highest BCUT2D eigenvalue weighted by Gasteiger charge is 2.40. The molecule has 258 valence electrons. The van der Waals surface area contributed by atoms with E-state index in [1.54, 1.807) is 23.5 Å². The molecule has 0 amide bonds. The molecule has 55 heavy (non-hydrogen) atoms. The van der Waals surface area contributed by atoms with Crippen LogP contribution in [0.15, 0.2) is 83.0 Å². The second-order valence-electron chi connectivity index (χ2n) is 15.1. The Balaban J connectivity index is 1.08. The molecule has 9 heteroatoms. The molecule has 0 radical (unpaired) electrons. The molecule has 4 aromatic carbocycles. The monoisotopic (exact) mass is 728 g/mol. The first-order chi connectivity index (χ1) is 26.2. The number of rotatable bonds is 2. The van der Waals surface area contributed by atoms with Crippen molar-refractivity contribution in [3.05, 3.63) is 161 Å². The topological polar surface area (TPSA) is 125 Å². The zero-order valence-corrected chi connectivity index (χ0v) is 30.6. The summed E-state index contributed by atoms with van der Waals surface area (Å²) in [6.45, 7) is 23.0. The van der Waals surface area contributed by atoms with Crippen LogP contribution in [0.4, 0.5) is 11.4 Å². The fourth-order valence-electron chi connectivity index (χ4n) is 8.32. The summed E-state index contributed by atoms with van der Waals surface area (Å²) in [6.07, 6.45) is 7.34. The molecule has 4 aliphatic rings. The Labute approximate surface area is 318 Å². The van der Waals surface area contributed by atoms with Crippen molar-refractivity contribution >= 4 is 78.2 Å². The molecule has 0 aliphatic heterocycles.